The lowest BCUT2D eigenvalue weighted by Crippen LogP contribution is -2.47. The van der Waals surface area contributed by atoms with Crippen molar-refractivity contribution in [2.24, 2.45) is 17.8 Å². The number of carbonyl (C=O) groups excluding carboxylic acids is 5. The number of esters is 1. The summed E-state index contributed by atoms with van der Waals surface area (Å²) in [5.74, 6) is -3.56. The molecule has 4 aromatic carbocycles. The molecule has 2 N–H and O–H groups in total. The molecular weight excluding hydrogens is 689 g/mol. The van der Waals surface area contributed by atoms with Crippen molar-refractivity contribution in [3.05, 3.63) is 120 Å². The van der Waals surface area contributed by atoms with Gasteiger partial charge in [-0.25, -0.2) is 0 Å². The van der Waals surface area contributed by atoms with E-state index in [1.54, 1.807) is 20.8 Å². The normalized spacial score (nSPS) is 12.9. The first-order valence-electron chi connectivity index (χ1n) is 19.0. The maximum absolute atomic E-state index is 13.0. The van der Waals surface area contributed by atoms with Gasteiger partial charge in [0.25, 0.3) is 0 Å². The van der Waals surface area contributed by atoms with E-state index in [4.69, 9.17) is 4.74 Å². The molecule has 0 bridgehead atoms. The molecule has 0 spiro atoms. The standard InChI is InChI=1S/C25H31NO4.C22H27NO2/c1-6-30-24(29)22(17(2)23(28)26-25(3,4)5)21(27)16-18-12-14-20(15-13-18)19-10-8-7-9-11-19;1-16(21(25)23-22(2,3)4)14-20(24)15-17-10-12-19(13-11-17)18-8-6-5-7-9-18/h7-15,17,22H,6,16H2,1-5H3,(H,26,28);5-13,16H,14-15H2,1-4H3,(H,23,25)/t17-,22?;16-/m11/s1. The van der Waals surface area contributed by atoms with Gasteiger partial charge >= 0.3 is 5.97 Å². The molecule has 0 fully saturated rings. The summed E-state index contributed by atoms with van der Waals surface area (Å²) in [6.45, 7) is 16.6. The minimum atomic E-state index is -1.14. The Morgan fingerprint density at radius 1 is 0.564 bits per heavy atom. The monoisotopic (exact) mass is 746 g/mol. The molecule has 55 heavy (non-hydrogen) atoms. The van der Waals surface area contributed by atoms with Crippen molar-refractivity contribution in [1.82, 2.24) is 10.6 Å². The summed E-state index contributed by atoms with van der Waals surface area (Å²) in [4.78, 5) is 62.5. The third-order valence-electron chi connectivity index (χ3n) is 8.68. The molecule has 0 aliphatic carbocycles. The van der Waals surface area contributed by atoms with E-state index in [9.17, 15) is 24.0 Å². The Bertz CT molecular complexity index is 1860. The zero-order valence-corrected chi connectivity index (χ0v) is 33.9. The summed E-state index contributed by atoms with van der Waals surface area (Å²) in [6, 6.07) is 35.8. The Hall–Kier alpha value is -5.37. The molecule has 292 valence electrons. The Morgan fingerprint density at radius 3 is 1.38 bits per heavy atom. The van der Waals surface area contributed by atoms with Gasteiger partial charge in [-0.2, -0.15) is 0 Å². The van der Waals surface area contributed by atoms with Gasteiger partial charge in [0.15, 0.2) is 5.78 Å². The lowest BCUT2D eigenvalue weighted by atomic mass is 9.85. The fraction of sp³-hybridized carbons (Fsp3) is 0.383. The van der Waals surface area contributed by atoms with Gasteiger partial charge in [0.1, 0.15) is 11.7 Å². The molecule has 0 aliphatic heterocycles. The van der Waals surface area contributed by atoms with Crippen LogP contribution in [0.25, 0.3) is 22.3 Å². The smallest absolute Gasteiger partial charge is 0.317 e. The molecular formula is C47H58N2O6. The zero-order valence-electron chi connectivity index (χ0n) is 33.9. The molecule has 3 atom stereocenters. The van der Waals surface area contributed by atoms with E-state index in [0.717, 1.165) is 33.4 Å². The molecule has 8 nitrogen and oxygen atoms in total. The summed E-state index contributed by atoms with van der Waals surface area (Å²) in [6.07, 6.45) is 0.691. The molecule has 2 amide bonds. The van der Waals surface area contributed by atoms with Crippen LogP contribution in [0.4, 0.5) is 0 Å². The summed E-state index contributed by atoms with van der Waals surface area (Å²) < 4.78 is 5.10. The molecule has 4 aromatic rings. The minimum absolute atomic E-state index is 0.0612. The quantitative estimate of drug-likeness (QED) is 0.0986. The van der Waals surface area contributed by atoms with Crippen LogP contribution in [-0.2, 0) is 41.6 Å². The number of Topliss-reactive ketones (excluding diaryl/α,β-unsaturated/α-hetero) is 2. The van der Waals surface area contributed by atoms with Gasteiger partial charge in [0.05, 0.1) is 12.5 Å². The Morgan fingerprint density at radius 2 is 0.964 bits per heavy atom. The van der Waals surface area contributed by atoms with Crippen molar-refractivity contribution in [2.75, 3.05) is 6.61 Å². The summed E-state index contributed by atoms with van der Waals surface area (Å²) >= 11 is 0. The first-order chi connectivity index (χ1) is 25.9. The van der Waals surface area contributed by atoms with Crippen LogP contribution in [0.5, 0.6) is 0 Å². The van der Waals surface area contributed by atoms with Gasteiger partial charge in [-0.05, 0) is 81.8 Å². The van der Waals surface area contributed by atoms with Crippen molar-refractivity contribution < 1.29 is 28.7 Å². The predicted molar refractivity (Wildman–Crippen MR) is 220 cm³/mol. The van der Waals surface area contributed by atoms with Crippen LogP contribution in [0.15, 0.2) is 109 Å². The van der Waals surface area contributed by atoms with Gasteiger partial charge in [0, 0.05) is 36.3 Å². The fourth-order valence-electron chi connectivity index (χ4n) is 5.91. The molecule has 8 heteroatoms. The van der Waals surface area contributed by atoms with Crippen LogP contribution >= 0.6 is 0 Å². The molecule has 0 saturated heterocycles. The molecule has 0 saturated carbocycles. The molecule has 0 radical (unpaired) electrons. The molecule has 1 unspecified atom stereocenters. The van der Waals surface area contributed by atoms with Crippen LogP contribution in [0.2, 0.25) is 0 Å². The Balaban J connectivity index is 0.000000300. The highest BCUT2D eigenvalue weighted by Gasteiger charge is 2.38. The number of hydrogen-bond donors (Lipinski definition) is 2. The number of amides is 2. The Kier molecular flexibility index (Phi) is 16.3. The molecule has 0 aromatic heterocycles. The lowest BCUT2D eigenvalue weighted by molar-refractivity contribution is -0.156. The maximum atomic E-state index is 13.0. The number of hydrogen-bond acceptors (Lipinski definition) is 6. The number of rotatable bonds is 14. The van der Waals surface area contributed by atoms with Gasteiger partial charge < -0.3 is 15.4 Å². The van der Waals surface area contributed by atoms with E-state index in [0.29, 0.717) is 6.42 Å². The highest BCUT2D eigenvalue weighted by atomic mass is 16.5. The van der Waals surface area contributed by atoms with E-state index < -0.39 is 23.3 Å². The second-order valence-corrected chi connectivity index (χ2v) is 16.1. The van der Waals surface area contributed by atoms with Crippen LogP contribution in [0.3, 0.4) is 0 Å². The average Bonchev–Trinajstić information content (AvgIpc) is 3.12. The van der Waals surface area contributed by atoms with Crippen molar-refractivity contribution in [2.45, 2.75) is 92.7 Å². The maximum Gasteiger partial charge on any atom is 0.317 e. The highest BCUT2D eigenvalue weighted by molar-refractivity contribution is 6.04. The van der Waals surface area contributed by atoms with Gasteiger partial charge in [-0.3, -0.25) is 24.0 Å². The summed E-state index contributed by atoms with van der Waals surface area (Å²) in [7, 11) is 0. The second kappa shape index (κ2) is 20.3. The third-order valence-corrected chi connectivity index (χ3v) is 8.68. The summed E-state index contributed by atoms with van der Waals surface area (Å²) in [5, 5.41) is 5.76. The van der Waals surface area contributed by atoms with Crippen LogP contribution in [0.1, 0.15) is 79.9 Å². The van der Waals surface area contributed by atoms with Crippen molar-refractivity contribution in [3.63, 3.8) is 0 Å². The van der Waals surface area contributed by atoms with Gasteiger partial charge in [0.2, 0.25) is 11.8 Å². The van der Waals surface area contributed by atoms with Gasteiger partial charge in [-0.15, -0.1) is 0 Å². The largest absolute Gasteiger partial charge is 0.465 e. The lowest BCUT2D eigenvalue weighted by Gasteiger charge is -2.26. The molecule has 0 heterocycles. The van der Waals surface area contributed by atoms with E-state index in [1.165, 1.54) is 0 Å². The van der Waals surface area contributed by atoms with Crippen molar-refractivity contribution in [3.8, 4) is 22.3 Å². The first-order valence-corrected chi connectivity index (χ1v) is 19.0. The van der Waals surface area contributed by atoms with Crippen LogP contribution in [-0.4, -0.2) is 47.0 Å². The zero-order chi connectivity index (χ0) is 40.8. The molecule has 0 aliphatic rings. The number of carbonyl (C=O) groups is 5. The van der Waals surface area contributed by atoms with Crippen molar-refractivity contribution in [1.29, 1.82) is 0 Å². The van der Waals surface area contributed by atoms with Crippen LogP contribution in [0, 0.1) is 17.8 Å². The number of ether oxygens (including phenoxy) is 1. The number of nitrogens with one attached hydrogen (secondary N) is 2. The first kappa shape index (κ1) is 44.0. The number of ketones is 2. The van der Waals surface area contributed by atoms with Gasteiger partial charge in [-0.1, -0.05) is 123 Å². The predicted octanol–water partition coefficient (Wildman–Crippen LogP) is 8.60. The Labute approximate surface area is 327 Å². The third kappa shape index (κ3) is 15.1. The van der Waals surface area contributed by atoms with E-state index >= 15 is 0 Å². The number of benzene rings is 4. The SMILES string of the molecule is CCOC(=O)C(C(=O)Cc1ccc(-c2ccccc2)cc1)[C@@H](C)C(=O)NC(C)(C)C.C[C@H](CC(=O)Cc1ccc(-c2ccccc2)cc1)C(=O)NC(C)(C)C. The topological polar surface area (TPSA) is 119 Å². The highest BCUT2D eigenvalue weighted by Crippen LogP contribution is 2.23. The summed E-state index contributed by atoms with van der Waals surface area (Å²) in [5.41, 5.74) is 5.47. The van der Waals surface area contributed by atoms with Crippen molar-refractivity contribution >= 4 is 29.4 Å². The average molecular weight is 747 g/mol. The van der Waals surface area contributed by atoms with E-state index in [2.05, 4.69) is 22.8 Å². The minimum Gasteiger partial charge on any atom is -0.465 e. The second-order valence-electron chi connectivity index (χ2n) is 16.1. The molecule has 4 rings (SSSR count). The van der Waals surface area contributed by atoms with E-state index in [1.807, 2.05) is 139 Å². The fourth-order valence-corrected chi connectivity index (χ4v) is 5.91. The van der Waals surface area contributed by atoms with E-state index in [-0.39, 0.29) is 54.3 Å². The van der Waals surface area contributed by atoms with Crippen LogP contribution < -0.4 is 10.6 Å².